The molecule has 1 fully saturated rings. The van der Waals surface area contributed by atoms with Crippen LogP contribution in [0.15, 0.2) is 6.20 Å². The van der Waals surface area contributed by atoms with Crippen molar-refractivity contribution in [2.45, 2.75) is 38.5 Å². The van der Waals surface area contributed by atoms with Crippen molar-refractivity contribution in [3.05, 3.63) is 16.1 Å². The summed E-state index contributed by atoms with van der Waals surface area (Å²) in [6.45, 7) is 3.03. The van der Waals surface area contributed by atoms with Crippen molar-refractivity contribution < 1.29 is 4.74 Å². The van der Waals surface area contributed by atoms with Crippen LogP contribution in [0, 0.1) is 0 Å². The number of ether oxygens (including phenoxy) is 1. The standard InChI is InChI=1S/C10H16N2OS/c1-7-3-4-9(13-7)10-12-6-8(14-10)5-11-2/h6-7,9,11H,3-5H2,1-2H3. The molecule has 0 amide bonds. The second-order valence-electron chi connectivity index (χ2n) is 3.71. The van der Waals surface area contributed by atoms with Crippen molar-refractivity contribution in [2.24, 2.45) is 0 Å². The van der Waals surface area contributed by atoms with Crippen LogP contribution < -0.4 is 5.32 Å². The Morgan fingerprint density at radius 1 is 1.64 bits per heavy atom. The lowest BCUT2D eigenvalue weighted by atomic mass is 10.2. The lowest BCUT2D eigenvalue weighted by Gasteiger charge is -2.06. The zero-order valence-electron chi connectivity index (χ0n) is 8.62. The molecule has 2 unspecified atom stereocenters. The molecule has 14 heavy (non-hydrogen) atoms. The number of rotatable bonds is 3. The summed E-state index contributed by atoms with van der Waals surface area (Å²) in [6.07, 6.45) is 4.87. The fourth-order valence-corrected chi connectivity index (χ4v) is 2.71. The van der Waals surface area contributed by atoms with E-state index in [9.17, 15) is 0 Å². The van der Waals surface area contributed by atoms with Crippen LogP contribution in [0.2, 0.25) is 0 Å². The molecule has 0 aromatic carbocycles. The average molecular weight is 212 g/mol. The summed E-state index contributed by atoms with van der Waals surface area (Å²) in [4.78, 5) is 5.69. The van der Waals surface area contributed by atoms with Gasteiger partial charge in [-0.1, -0.05) is 0 Å². The molecule has 0 saturated carbocycles. The molecule has 1 aromatic rings. The Morgan fingerprint density at radius 3 is 3.14 bits per heavy atom. The van der Waals surface area contributed by atoms with Crippen molar-refractivity contribution in [2.75, 3.05) is 7.05 Å². The molecule has 2 heterocycles. The Bertz CT molecular complexity index is 300. The van der Waals surface area contributed by atoms with Crippen LogP contribution in [-0.4, -0.2) is 18.1 Å². The van der Waals surface area contributed by atoms with E-state index in [0.717, 1.165) is 24.4 Å². The van der Waals surface area contributed by atoms with Crippen molar-refractivity contribution >= 4 is 11.3 Å². The molecule has 1 N–H and O–H groups in total. The molecule has 1 aromatic heterocycles. The van der Waals surface area contributed by atoms with Gasteiger partial charge in [0.05, 0.1) is 6.10 Å². The predicted octanol–water partition coefficient (Wildman–Crippen LogP) is 2.10. The van der Waals surface area contributed by atoms with E-state index in [2.05, 4.69) is 17.2 Å². The molecule has 1 aliphatic heterocycles. The number of nitrogens with one attached hydrogen (secondary N) is 1. The Kier molecular flexibility index (Phi) is 3.15. The van der Waals surface area contributed by atoms with E-state index in [0.29, 0.717) is 6.10 Å². The molecule has 1 aliphatic rings. The van der Waals surface area contributed by atoms with Gasteiger partial charge in [-0.3, -0.25) is 0 Å². The number of nitrogens with zero attached hydrogens (tertiary/aromatic N) is 1. The van der Waals surface area contributed by atoms with Gasteiger partial charge in [0, 0.05) is 17.6 Å². The first-order valence-corrected chi connectivity index (χ1v) is 5.86. The van der Waals surface area contributed by atoms with Crippen LogP contribution >= 0.6 is 11.3 Å². The highest BCUT2D eigenvalue weighted by molar-refractivity contribution is 7.11. The molecule has 78 valence electrons. The summed E-state index contributed by atoms with van der Waals surface area (Å²) in [7, 11) is 1.95. The molecule has 2 atom stereocenters. The zero-order valence-corrected chi connectivity index (χ0v) is 9.43. The van der Waals surface area contributed by atoms with Gasteiger partial charge in [-0.25, -0.2) is 4.98 Å². The van der Waals surface area contributed by atoms with Crippen LogP contribution in [0.1, 0.15) is 35.8 Å². The highest BCUT2D eigenvalue weighted by Crippen LogP contribution is 2.34. The smallest absolute Gasteiger partial charge is 0.122 e. The van der Waals surface area contributed by atoms with Crippen molar-refractivity contribution in [1.29, 1.82) is 0 Å². The number of hydrogen-bond acceptors (Lipinski definition) is 4. The first-order chi connectivity index (χ1) is 6.79. The van der Waals surface area contributed by atoms with Crippen LogP contribution in [0.5, 0.6) is 0 Å². The quantitative estimate of drug-likeness (QED) is 0.833. The van der Waals surface area contributed by atoms with Gasteiger partial charge in [-0.2, -0.15) is 0 Å². The number of thiazole rings is 1. The topological polar surface area (TPSA) is 34.2 Å². The summed E-state index contributed by atoms with van der Waals surface area (Å²) in [5.41, 5.74) is 0. The summed E-state index contributed by atoms with van der Waals surface area (Å²) in [6, 6.07) is 0. The van der Waals surface area contributed by atoms with E-state index in [-0.39, 0.29) is 6.10 Å². The first kappa shape index (κ1) is 10.1. The van der Waals surface area contributed by atoms with E-state index < -0.39 is 0 Å². The summed E-state index contributed by atoms with van der Waals surface area (Å²) in [5.74, 6) is 0. The third-order valence-electron chi connectivity index (χ3n) is 2.43. The normalized spacial score (nSPS) is 27.0. The maximum absolute atomic E-state index is 5.77. The maximum Gasteiger partial charge on any atom is 0.122 e. The van der Waals surface area contributed by atoms with E-state index in [4.69, 9.17) is 4.74 Å². The largest absolute Gasteiger partial charge is 0.368 e. The van der Waals surface area contributed by atoms with Crippen molar-refractivity contribution in [3.8, 4) is 0 Å². The van der Waals surface area contributed by atoms with Gasteiger partial charge in [0.2, 0.25) is 0 Å². The van der Waals surface area contributed by atoms with Gasteiger partial charge < -0.3 is 10.1 Å². The monoisotopic (exact) mass is 212 g/mol. The zero-order chi connectivity index (χ0) is 9.97. The SMILES string of the molecule is CNCc1cnc(C2CCC(C)O2)s1. The minimum atomic E-state index is 0.251. The maximum atomic E-state index is 5.77. The van der Waals surface area contributed by atoms with Crippen LogP contribution in [0.4, 0.5) is 0 Å². The fourth-order valence-electron chi connectivity index (χ4n) is 1.71. The molecule has 0 spiro atoms. The van der Waals surface area contributed by atoms with E-state index in [1.165, 1.54) is 4.88 Å². The molecule has 3 nitrogen and oxygen atoms in total. The van der Waals surface area contributed by atoms with E-state index in [1.54, 1.807) is 11.3 Å². The second kappa shape index (κ2) is 4.38. The van der Waals surface area contributed by atoms with Crippen molar-refractivity contribution in [1.82, 2.24) is 10.3 Å². The average Bonchev–Trinajstić information content (AvgIpc) is 2.74. The minimum Gasteiger partial charge on any atom is -0.368 e. The highest BCUT2D eigenvalue weighted by atomic mass is 32.1. The molecular formula is C10H16N2OS. The molecule has 0 aliphatic carbocycles. The summed E-state index contributed by atoms with van der Waals surface area (Å²) < 4.78 is 5.77. The minimum absolute atomic E-state index is 0.251. The van der Waals surface area contributed by atoms with Gasteiger partial charge in [-0.15, -0.1) is 11.3 Å². The Labute approximate surface area is 88.5 Å². The lowest BCUT2D eigenvalue weighted by Crippen LogP contribution is -2.02. The highest BCUT2D eigenvalue weighted by Gasteiger charge is 2.25. The molecule has 2 rings (SSSR count). The van der Waals surface area contributed by atoms with Crippen molar-refractivity contribution in [3.63, 3.8) is 0 Å². The van der Waals surface area contributed by atoms with Crippen LogP contribution in [0.25, 0.3) is 0 Å². The first-order valence-electron chi connectivity index (χ1n) is 5.04. The van der Waals surface area contributed by atoms with Gasteiger partial charge in [0.1, 0.15) is 11.1 Å². The summed E-state index contributed by atoms with van der Waals surface area (Å²) in [5, 5.41) is 4.26. The molecular weight excluding hydrogens is 196 g/mol. The second-order valence-corrected chi connectivity index (χ2v) is 4.85. The van der Waals surface area contributed by atoms with Gasteiger partial charge >= 0.3 is 0 Å². The van der Waals surface area contributed by atoms with Crippen LogP contribution in [-0.2, 0) is 11.3 Å². The van der Waals surface area contributed by atoms with E-state index in [1.807, 2.05) is 13.2 Å². The fraction of sp³-hybridized carbons (Fsp3) is 0.700. The molecule has 1 saturated heterocycles. The predicted molar refractivity (Wildman–Crippen MR) is 57.4 cm³/mol. The Hall–Kier alpha value is -0.450. The Balaban J connectivity index is 2.02. The number of aromatic nitrogens is 1. The third kappa shape index (κ3) is 2.13. The molecule has 0 bridgehead atoms. The number of hydrogen-bond donors (Lipinski definition) is 1. The van der Waals surface area contributed by atoms with Gasteiger partial charge in [-0.05, 0) is 26.8 Å². The Morgan fingerprint density at radius 2 is 2.50 bits per heavy atom. The molecule has 0 radical (unpaired) electrons. The molecule has 4 heteroatoms. The van der Waals surface area contributed by atoms with E-state index >= 15 is 0 Å². The summed E-state index contributed by atoms with van der Waals surface area (Å²) >= 11 is 1.76. The van der Waals surface area contributed by atoms with Crippen LogP contribution in [0.3, 0.4) is 0 Å². The lowest BCUT2D eigenvalue weighted by molar-refractivity contribution is 0.0554. The van der Waals surface area contributed by atoms with Gasteiger partial charge in [0.25, 0.3) is 0 Å². The van der Waals surface area contributed by atoms with Gasteiger partial charge in [0.15, 0.2) is 0 Å². The third-order valence-corrected chi connectivity index (χ3v) is 3.52.